The van der Waals surface area contributed by atoms with Gasteiger partial charge in [0.15, 0.2) is 0 Å². The number of carbonyl (C=O) groups is 9. The fraction of sp³-hybridized carbons (Fsp3) is 0.657. The van der Waals surface area contributed by atoms with Crippen LogP contribution in [0.15, 0.2) is 12.5 Å². The van der Waals surface area contributed by atoms with E-state index in [9.17, 15) is 48.3 Å². The Labute approximate surface area is 353 Å². The number of aliphatic carboxylic acids is 1. The normalized spacial score (nSPS) is 15.2. The Kier molecular flexibility index (Phi) is 23.1. The van der Waals surface area contributed by atoms with Gasteiger partial charge in [0.25, 0.3) is 0 Å². The van der Waals surface area contributed by atoms with Gasteiger partial charge in [-0.15, -0.1) is 0 Å². The molecule has 0 fully saturated rings. The maximum Gasteiger partial charge on any atom is 0.327 e. The molecule has 0 aliphatic carbocycles. The van der Waals surface area contributed by atoms with Gasteiger partial charge >= 0.3 is 5.97 Å². The average molecular weight is 873 g/mol. The molecule has 0 aromatic carbocycles. The minimum absolute atomic E-state index is 0.0226. The van der Waals surface area contributed by atoms with Crippen molar-refractivity contribution in [3.63, 3.8) is 0 Å². The predicted molar refractivity (Wildman–Crippen MR) is 221 cm³/mol. The number of carboxylic acid groups (broad SMARTS) is 1. The zero-order valence-electron chi connectivity index (χ0n) is 33.8. The molecule has 332 valence electrons. The molecule has 0 bridgehead atoms. The number of H-pyrrole nitrogens is 1. The molecule has 0 aliphatic heterocycles. The number of unbranched alkanes of at least 4 members (excludes halogenated alkanes) is 1. The van der Waals surface area contributed by atoms with Gasteiger partial charge < -0.3 is 64.5 Å². The number of hydrogen-bond acceptors (Lipinski definition) is 14. The van der Waals surface area contributed by atoms with Crippen molar-refractivity contribution in [2.24, 2.45) is 29.0 Å². The Morgan fingerprint density at radius 2 is 1.19 bits per heavy atom. The molecule has 0 saturated carbocycles. The molecule has 59 heavy (non-hydrogen) atoms. The lowest BCUT2D eigenvalue weighted by molar-refractivity contribution is -0.142. The predicted octanol–water partition coefficient (Wildman–Crippen LogP) is -4.05. The fourth-order valence-corrected chi connectivity index (χ4v) is 5.73. The summed E-state index contributed by atoms with van der Waals surface area (Å²) in [4.78, 5) is 123. The molecule has 1 aromatic heterocycles. The largest absolute Gasteiger partial charge is 0.480 e. The van der Waals surface area contributed by atoms with E-state index >= 15 is 0 Å². The Morgan fingerprint density at radius 1 is 0.678 bits per heavy atom. The van der Waals surface area contributed by atoms with Crippen molar-refractivity contribution in [2.45, 2.75) is 115 Å². The number of aromatic nitrogens is 2. The SMILES string of the molecule is CC(C)[C@H](NC(=O)[C@H](C)NC(=O)[C@H](Cc1cnc[nH]1)NC(=O)[C@H](CCCCN)NC(=O)[C@@H](N)CS)C(=O)N[C@H](C(=O)N[C@@H](CC(N)=O)C(=O)N[C@@H](CS)C(=O)O)C(C)C. The first-order valence-corrected chi connectivity index (χ1v) is 20.2. The number of nitrogens with zero attached hydrogens (tertiary/aromatic N) is 1. The highest BCUT2D eigenvalue weighted by Gasteiger charge is 2.35. The van der Waals surface area contributed by atoms with Crippen molar-refractivity contribution in [3.05, 3.63) is 18.2 Å². The first kappa shape index (κ1) is 52.1. The minimum Gasteiger partial charge on any atom is -0.480 e. The van der Waals surface area contributed by atoms with Crippen LogP contribution in [0.5, 0.6) is 0 Å². The van der Waals surface area contributed by atoms with E-state index in [2.05, 4.69) is 72.4 Å². The number of imidazole rings is 1. The lowest BCUT2D eigenvalue weighted by atomic mass is 9.99. The zero-order chi connectivity index (χ0) is 45.0. The molecular weight excluding hydrogens is 813 g/mol. The zero-order valence-corrected chi connectivity index (χ0v) is 35.6. The van der Waals surface area contributed by atoms with E-state index in [1.807, 2.05) is 0 Å². The Bertz CT molecular complexity index is 1600. The van der Waals surface area contributed by atoms with Gasteiger partial charge in [-0.25, -0.2) is 9.78 Å². The van der Waals surface area contributed by atoms with Crippen LogP contribution in [-0.4, -0.2) is 135 Å². The van der Waals surface area contributed by atoms with Crippen LogP contribution < -0.4 is 54.4 Å². The van der Waals surface area contributed by atoms with Crippen molar-refractivity contribution in [3.8, 4) is 0 Å². The molecule has 22 nitrogen and oxygen atoms in total. The molecule has 1 rings (SSSR count). The molecular formula is C35H60N12O10S2. The Balaban J connectivity index is 3.18. The first-order valence-electron chi connectivity index (χ1n) is 18.9. The van der Waals surface area contributed by atoms with Crippen molar-refractivity contribution in [2.75, 3.05) is 18.1 Å². The maximum absolute atomic E-state index is 13.7. The van der Waals surface area contributed by atoms with Crippen molar-refractivity contribution >= 4 is 78.5 Å². The van der Waals surface area contributed by atoms with Gasteiger partial charge in [0, 0.05) is 29.8 Å². The molecule has 0 radical (unpaired) electrons. The summed E-state index contributed by atoms with van der Waals surface area (Å²) in [5, 5.41) is 26.7. The van der Waals surface area contributed by atoms with Crippen LogP contribution in [0, 0.1) is 11.8 Å². The molecule has 24 heteroatoms. The second kappa shape index (κ2) is 26.2. The quantitative estimate of drug-likeness (QED) is 0.0296. The number of thiol groups is 2. The number of aromatic amines is 1. The van der Waals surface area contributed by atoms with Crippen molar-refractivity contribution < 1.29 is 48.3 Å². The van der Waals surface area contributed by atoms with Crippen LogP contribution >= 0.6 is 25.3 Å². The van der Waals surface area contributed by atoms with Gasteiger partial charge in [-0.2, -0.15) is 25.3 Å². The van der Waals surface area contributed by atoms with Crippen LogP contribution in [0.25, 0.3) is 0 Å². The maximum atomic E-state index is 13.7. The summed E-state index contributed by atoms with van der Waals surface area (Å²) < 4.78 is 0. The van der Waals surface area contributed by atoms with Gasteiger partial charge in [0.2, 0.25) is 47.3 Å². The molecule has 8 amide bonds. The monoisotopic (exact) mass is 872 g/mol. The minimum atomic E-state index is -1.59. The summed E-state index contributed by atoms with van der Waals surface area (Å²) in [6.45, 7) is 8.11. The third-order valence-electron chi connectivity index (χ3n) is 8.81. The van der Waals surface area contributed by atoms with Gasteiger partial charge in [-0.1, -0.05) is 27.7 Å². The van der Waals surface area contributed by atoms with Gasteiger partial charge in [-0.05, 0) is 44.6 Å². The standard InChI is InChI=1S/C35H60N12O10S2/c1-16(2)26(33(54)44-23(11-25(38)48)32(53)45-24(14-59)35(56)57)47-34(55)27(17(3)4)46-28(49)18(5)41-31(52)22(10-19-12-39-15-40-19)43-30(51)21(8-6-7-9-36)42-29(50)20(37)13-58/h12,15-18,20-24,26-27,58-59H,6-11,13-14,36-37H2,1-5H3,(H2,38,48)(H,39,40)(H,41,52)(H,42,50)(H,43,51)(H,44,54)(H,45,53)(H,46,49)(H,47,55)(H,56,57)/t18-,20-,21-,22-,23-,24-,26-,27-/m0/s1. The van der Waals surface area contributed by atoms with Crippen LogP contribution in [0.3, 0.4) is 0 Å². The second-order valence-corrected chi connectivity index (χ2v) is 15.2. The molecule has 0 aliphatic rings. The highest BCUT2D eigenvalue weighted by atomic mass is 32.1. The highest BCUT2D eigenvalue weighted by Crippen LogP contribution is 2.10. The van der Waals surface area contributed by atoms with E-state index in [0.717, 1.165) is 0 Å². The smallest absolute Gasteiger partial charge is 0.327 e. The average Bonchev–Trinajstić information content (AvgIpc) is 3.68. The molecule has 8 atom stereocenters. The summed E-state index contributed by atoms with van der Waals surface area (Å²) in [6.07, 6.45) is 3.27. The number of carboxylic acids is 1. The van der Waals surface area contributed by atoms with Gasteiger partial charge in [-0.3, -0.25) is 38.4 Å². The molecule has 1 heterocycles. The first-order chi connectivity index (χ1) is 27.7. The molecule has 0 saturated heterocycles. The van der Waals surface area contributed by atoms with Crippen molar-refractivity contribution in [1.82, 2.24) is 47.2 Å². The van der Waals surface area contributed by atoms with Gasteiger partial charge in [0.05, 0.1) is 18.8 Å². The van der Waals surface area contributed by atoms with E-state index in [1.54, 1.807) is 27.7 Å². The van der Waals surface area contributed by atoms with E-state index in [0.29, 0.717) is 25.1 Å². The van der Waals surface area contributed by atoms with Gasteiger partial charge in [0.1, 0.15) is 42.3 Å². The number of amides is 8. The Morgan fingerprint density at radius 3 is 1.68 bits per heavy atom. The van der Waals surface area contributed by atoms with Crippen LogP contribution in [0.2, 0.25) is 0 Å². The number of carbonyl (C=O) groups excluding carboxylic acids is 8. The number of nitrogens with one attached hydrogen (secondary N) is 8. The number of hydrogen-bond donors (Lipinski definition) is 14. The molecule has 15 N–H and O–H groups in total. The molecule has 0 unspecified atom stereocenters. The van der Waals surface area contributed by atoms with Crippen LogP contribution in [-0.2, 0) is 49.6 Å². The number of rotatable bonds is 27. The van der Waals surface area contributed by atoms with E-state index < -0.39 is 120 Å². The lowest BCUT2D eigenvalue weighted by Gasteiger charge is -2.29. The fourth-order valence-electron chi connectivity index (χ4n) is 5.32. The highest BCUT2D eigenvalue weighted by molar-refractivity contribution is 7.80. The van der Waals surface area contributed by atoms with Crippen LogP contribution in [0.1, 0.15) is 66.0 Å². The summed E-state index contributed by atoms with van der Waals surface area (Å²) in [5.74, 6) is -9.43. The second-order valence-electron chi connectivity index (χ2n) is 14.5. The van der Waals surface area contributed by atoms with Crippen molar-refractivity contribution in [1.29, 1.82) is 0 Å². The third kappa shape index (κ3) is 18.3. The Hall–Kier alpha value is -4.94. The van der Waals surface area contributed by atoms with E-state index in [-0.39, 0.29) is 24.3 Å². The van der Waals surface area contributed by atoms with Crippen LogP contribution in [0.4, 0.5) is 0 Å². The molecule has 1 aromatic rings. The summed E-state index contributed by atoms with van der Waals surface area (Å²) in [7, 11) is 0. The third-order valence-corrected chi connectivity index (χ3v) is 9.57. The number of primary amides is 1. The summed E-state index contributed by atoms with van der Waals surface area (Å²) in [5.41, 5.74) is 17.1. The van der Waals surface area contributed by atoms with E-state index in [1.165, 1.54) is 19.4 Å². The number of nitrogens with two attached hydrogens (primary N) is 3. The summed E-state index contributed by atoms with van der Waals surface area (Å²) >= 11 is 7.92. The lowest BCUT2D eigenvalue weighted by Crippen LogP contribution is -2.61. The summed E-state index contributed by atoms with van der Waals surface area (Å²) in [6, 6.07) is -10.2. The topological polar surface area (TPSA) is 365 Å². The molecule has 0 spiro atoms. The van der Waals surface area contributed by atoms with E-state index in [4.69, 9.17) is 17.2 Å².